The largest absolute Gasteiger partial charge is 0.356 e. The van der Waals surface area contributed by atoms with Crippen molar-refractivity contribution in [2.24, 2.45) is 4.99 Å². The van der Waals surface area contributed by atoms with Gasteiger partial charge in [0.1, 0.15) is 0 Å². The van der Waals surface area contributed by atoms with Crippen LogP contribution < -0.4 is 10.6 Å². The molecule has 2 N–H and O–H groups in total. The molecule has 1 aliphatic heterocycles. The number of aromatic nitrogens is 1. The molecule has 0 aliphatic carbocycles. The Labute approximate surface area is 163 Å². The summed E-state index contributed by atoms with van der Waals surface area (Å²) in [6.07, 6.45) is 8.68. The van der Waals surface area contributed by atoms with Gasteiger partial charge in [-0.05, 0) is 57.8 Å². The third kappa shape index (κ3) is 6.93. The molecule has 5 nitrogen and oxygen atoms in total. The van der Waals surface area contributed by atoms with Crippen LogP contribution in [0.2, 0.25) is 0 Å². The Bertz CT molecular complexity index is 483. The first-order chi connectivity index (χ1) is 11.1. The Morgan fingerprint density at radius 3 is 2.62 bits per heavy atom. The van der Waals surface area contributed by atoms with E-state index < -0.39 is 0 Å². The van der Waals surface area contributed by atoms with E-state index in [0.29, 0.717) is 0 Å². The number of pyridine rings is 1. The third-order valence-electron chi connectivity index (χ3n) is 4.55. The number of likely N-dealkylation sites (tertiary alicyclic amines) is 1. The van der Waals surface area contributed by atoms with Crippen LogP contribution in [0, 0.1) is 0 Å². The van der Waals surface area contributed by atoms with Crippen LogP contribution >= 0.6 is 24.0 Å². The molecule has 2 heterocycles. The predicted octanol–water partition coefficient (Wildman–Crippen LogP) is 2.67. The molecule has 1 aromatic heterocycles. The molecule has 1 saturated heterocycles. The van der Waals surface area contributed by atoms with Crippen LogP contribution in [0.25, 0.3) is 0 Å². The second-order valence-electron chi connectivity index (χ2n) is 6.82. The number of nitrogens with one attached hydrogen (secondary N) is 2. The van der Waals surface area contributed by atoms with Gasteiger partial charge in [-0.25, -0.2) is 0 Å². The van der Waals surface area contributed by atoms with Crippen molar-refractivity contribution in [1.82, 2.24) is 20.5 Å². The van der Waals surface area contributed by atoms with Crippen molar-refractivity contribution < 1.29 is 0 Å². The molecular weight excluding hydrogens is 413 g/mol. The number of hydrogen-bond acceptors (Lipinski definition) is 3. The molecular formula is C18H32IN5. The van der Waals surface area contributed by atoms with E-state index in [2.05, 4.69) is 45.4 Å². The molecule has 6 heteroatoms. The van der Waals surface area contributed by atoms with Crippen molar-refractivity contribution in [3.05, 3.63) is 30.1 Å². The summed E-state index contributed by atoms with van der Waals surface area (Å²) in [5.74, 6) is 0.874. The topological polar surface area (TPSA) is 52.6 Å². The van der Waals surface area contributed by atoms with E-state index in [9.17, 15) is 0 Å². The Morgan fingerprint density at radius 2 is 2.00 bits per heavy atom. The maximum Gasteiger partial charge on any atom is 0.191 e. The van der Waals surface area contributed by atoms with Gasteiger partial charge in [-0.15, -0.1) is 24.0 Å². The van der Waals surface area contributed by atoms with Crippen molar-refractivity contribution >= 4 is 29.9 Å². The summed E-state index contributed by atoms with van der Waals surface area (Å²) in [4.78, 5) is 11.1. The molecule has 0 spiro atoms. The van der Waals surface area contributed by atoms with E-state index >= 15 is 0 Å². The predicted molar refractivity (Wildman–Crippen MR) is 112 cm³/mol. The number of piperidine rings is 1. The molecule has 1 aliphatic rings. The summed E-state index contributed by atoms with van der Waals surface area (Å²) < 4.78 is 0. The number of hydrogen-bond donors (Lipinski definition) is 2. The Morgan fingerprint density at radius 1 is 1.25 bits per heavy atom. The average Bonchev–Trinajstić information content (AvgIpc) is 2.59. The van der Waals surface area contributed by atoms with E-state index in [1.54, 1.807) is 6.20 Å². The van der Waals surface area contributed by atoms with Crippen molar-refractivity contribution in [2.45, 2.75) is 45.1 Å². The van der Waals surface area contributed by atoms with Gasteiger partial charge in [0.05, 0.1) is 0 Å². The quantitative estimate of drug-likeness (QED) is 0.402. The van der Waals surface area contributed by atoms with E-state index in [0.717, 1.165) is 25.5 Å². The monoisotopic (exact) mass is 445 g/mol. The smallest absolute Gasteiger partial charge is 0.191 e. The first-order valence-corrected chi connectivity index (χ1v) is 8.70. The van der Waals surface area contributed by atoms with Crippen LogP contribution in [0.3, 0.4) is 0 Å². The van der Waals surface area contributed by atoms with Crippen LogP contribution in [-0.4, -0.2) is 54.6 Å². The molecule has 0 bridgehead atoms. The van der Waals surface area contributed by atoms with Crippen molar-refractivity contribution in [3.63, 3.8) is 0 Å². The van der Waals surface area contributed by atoms with Gasteiger partial charge in [0.25, 0.3) is 0 Å². The van der Waals surface area contributed by atoms with Crippen LogP contribution in [0.15, 0.2) is 29.5 Å². The van der Waals surface area contributed by atoms with Gasteiger partial charge < -0.3 is 10.6 Å². The molecule has 0 saturated carbocycles. The molecule has 2 rings (SSSR count). The lowest BCUT2D eigenvalue weighted by molar-refractivity contribution is 0.0982. The molecule has 24 heavy (non-hydrogen) atoms. The zero-order valence-corrected chi connectivity index (χ0v) is 17.5. The van der Waals surface area contributed by atoms with Gasteiger partial charge in [0.15, 0.2) is 5.96 Å². The fraction of sp³-hybridized carbons (Fsp3) is 0.667. The third-order valence-corrected chi connectivity index (χ3v) is 4.55. The van der Waals surface area contributed by atoms with Crippen LogP contribution in [0.4, 0.5) is 0 Å². The Kier molecular flexibility index (Phi) is 9.58. The van der Waals surface area contributed by atoms with Crippen molar-refractivity contribution in [1.29, 1.82) is 0 Å². The van der Waals surface area contributed by atoms with Crippen molar-refractivity contribution in [2.75, 3.05) is 33.2 Å². The summed E-state index contributed by atoms with van der Waals surface area (Å²) >= 11 is 0. The maximum atomic E-state index is 4.33. The van der Waals surface area contributed by atoms with E-state index in [1.165, 1.54) is 37.9 Å². The van der Waals surface area contributed by atoms with E-state index in [4.69, 9.17) is 0 Å². The summed E-state index contributed by atoms with van der Waals surface area (Å²) in [5, 5.41) is 6.86. The highest BCUT2D eigenvalue weighted by Crippen LogP contribution is 2.19. The SMILES string of the molecule is CN=C(NCCc1cccnc1)NCC(C)(C)N1CCCCC1.I. The minimum absolute atomic E-state index is 0. The second kappa shape index (κ2) is 10.9. The Hall–Kier alpha value is -0.890. The molecule has 0 radical (unpaired) electrons. The maximum absolute atomic E-state index is 4.33. The highest BCUT2D eigenvalue weighted by molar-refractivity contribution is 14.0. The van der Waals surface area contributed by atoms with Gasteiger partial charge in [0.2, 0.25) is 0 Å². The number of halogens is 1. The number of rotatable bonds is 6. The number of nitrogens with zero attached hydrogens (tertiary/aromatic N) is 3. The average molecular weight is 445 g/mol. The highest BCUT2D eigenvalue weighted by atomic mass is 127. The minimum atomic E-state index is 0. The first kappa shape index (κ1) is 21.2. The molecule has 0 atom stereocenters. The number of aliphatic imine (C=N–C) groups is 1. The zero-order valence-electron chi connectivity index (χ0n) is 15.2. The zero-order chi connectivity index (χ0) is 16.5. The van der Waals surface area contributed by atoms with Crippen molar-refractivity contribution in [3.8, 4) is 0 Å². The lowest BCUT2D eigenvalue weighted by atomic mass is 9.98. The lowest BCUT2D eigenvalue weighted by Crippen LogP contribution is -2.55. The fourth-order valence-corrected chi connectivity index (χ4v) is 3.00. The molecule has 0 amide bonds. The molecule has 0 unspecified atom stereocenters. The number of guanidine groups is 1. The van der Waals surface area contributed by atoms with Gasteiger partial charge in [0, 0.05) is 38.1 Å². The molecule has 0 aromatic carbocycles. The van der Waals surface area contributed by atoms with E-state index in [1.807, 2.05) is 19.3 Å². The first-order valence-electron chi connectivity index (χ1n) is 8.70. The molecule has 1 fully saturated rings. The summed E-state index contributed by atoms with van der Waals surface area (Å²) in [6.45, 7) is 8.81. The van der Waals surface area contributed by atoms with Gasteiger partial charge in [-0.2, -0.15) is 0 Å². The van der Waals surface area contributed by atoms with Crippen LogP contribution in [0.5, 0.6) is 0 Å². The van der Waals surface area contributed by atoms with Crippen LogP contribution in [-0.2, 0) is 6.42 Å². The second-order valence-corrected chi connectivity index (χ2v) is 6.82. The standard InChI is InChI=1S/C18H31N5.HI/c1-18(2,23-12-5-4-6-13-23)15-22-17(19-3)21-11-9-16-8-7-10-20-14-16;/h7-8,10,14H,4-6,9,11-13,15H2,1-3H3,(H2,19,21,22);1H. The normalized spacial score (nSPS) is 16.4. The van der Waals surface area contributed by atoms with Gasteiger partial charge in [-0.1, -0.05) is 12.5 Å². The van der Waals surface area contributed by atoms with E-state index in [-0.39, 0.29) is 29.5 Å². The fourth-order valence-electron chi connectivity index (χ4n) is 3.00. The Balaban J connectivity index is 0.00000288. The minimum Gasteiger partial charge on any atom is -0.356 e. The van der Waals surface area contributed by atoms with Gasteiger partial charge >= 0.3 is 0 Å². The highest BCUT2D eigenvalue weighted by Gasteiger charge is 2.27. The van der Waals surface area contributed by atoms with Gasteiger partial charge in [-0.3, -0.25) is 14.9 Å². The summed E-state index contributed by atoms with van der Waals surface area (Å²) in [6, 6.07) is 4.08. The summed E-state index contributed by atoms with van der Waals surface area (Å²) in [5.41, 5.74) is 1.39. The van der Waals surface area contributed by atoms with Crippen LogP contribution in [0.1, 0.15) is 38.7 Å². The summed E-state index contributed by atoms with van der Waals surface area (Å²) in [7, 11) is 1.83. The molecule has 136 valence electrons. The lowest BCUT2D eigenvalue weighted by Gasteiger charge is -2.41. The molecule has 1 aromatic rings.